The van der Waals surface area contributed by atoms with E-state index in [4.69, 9.17) is 11.0 Å². The van der Waals surface area contributed by atoms with Gasteiger partial charge in [0.2, 0.25) is 0 Å². The molecule has 118 valence electrons. The molecule has 0 bridgehead atoms. The Hall–Kier alpha value is -2.68. The van der Waals surface area contributed by atoms with Crippen molar-refractivity contribution in [2.24, 2.45) is 0 Å². The fourth-order valence-electron chi connectivity index (χ4n) is 2.05. The first-order valence-electron chi connectivity index (χ1n) is 7.17. The van der Waals surface area contributed by atoms with Gasteiger partial charge in [-0.2, -0.15) is 5.26 Å². The molecule has 0 aromatic heterocycles. The zero-order valence-electron chi connectivity index (χ0n) is 12.8. The second-order valence-electron chi connectivity index (χ2n) is 5.01. The molecule has 1 aromatic rings. The summed E-state index contributed by atoms with van der Waals surface area (Å²) in [5, 5.41) is 30.9. The van der Waals surface area contributed by atoms with Gasteiger partial charge in [-0.1, -0.05) is 20.3 Å². The Bertz CT molecular complexity index is 595. The van der Waals surface area contributed by atoms with Crippen LogP contribution in [0.25, 0.3) is 6.08 Å². The number of nitriles is 1. The van der Waals surface area contributed by atoms with Crippen LogP contribution in [0.3, 0.4) is 0 Å². The molecule has 1 unspecified atom stereocenters. The summed E-state index contributed by atoms with van der Waals surface area (Å²) in [6.07, 6.45) is 3.88. The molecular formula is C16H21N3O3. The highest BCUT2D eigenvalue weighted by Gasteiger charge is 2.14. The van der Waals surface area contributed by atoms with Crippen LogP contribution in [0.15, 0.2) is 17.7 Å². The third-order valence-corrected chi connectivity index (χ3v) is 3.28. The molecule has 0 fully saturated rings. The molecule has 5 N–H and O–H groups in total. The van der Waals surface area contributed by atoms with Crippen molar-refractivity contribution in [3.63, 3.8) is 0 Å². The number of nitrogens with zero attached hydrogens (tertiary/aromatic N) is 1. The Kier molecular flexibility index (Phi) is 6.26. The van der Waals surface area contributed by atoms with Crippen LogP contribution in [-0.2, 0) is 4.79 Å². The van der Waals surface area contributed by atoms with Gasteiger partial charge in [-0.05, 0) is 36.6 Å². The summed E-state index contributed by atoms with van der Waals surface area (Å²) in [6, 6.07) is 4.47. The summed E-state index contributed by atoms with van der Waals surface area (Å²) < 4.78 is 0. The first kappa shape index (κ1) is 17.4. The lowest BCUT2D eigenvalue weighted by molar-refractivity contribution is -0.117. The minimum absolute atomic E-state index is 0.0209. The highest BCUT2D eigenvalue weighted by Crippen LogP contribution is 2.32. The number of carbonyl (C=O) groups is 1. The summed E-state index contributed by atoms with van der Waals surface area (Å²) in [5.74, 6) is -1.29. The molecule has 6 nitrogen and oxygen atoms in total. The van der Waals surface area contributed by atoms with E-state index in [0.717, 1.165) is 19.3 Å². The van der Waals surface area contributed by atoms with E-state index in [2.05, 4.69) is 5.32 Å². The van der Waals surface area contributed by atoms with Crippen LogP contribution in [0.4, 0.5) is 5.69 Å². The van der Waals surface area contributed by atoms with Crippen LogP contribution >= 0.6 is 0 Å². The highest BCUT2D eigenvalue weighted by atomic mass is 16.3. The monoisotopic (exact) mass is 303 g/mol. The van der Waals surface area contributed by atoms with Gasteiger partial charge in [-0.25, -0.2) is 0 Å². The standard InChI is InChI=1S/C16H21N3O3/c1-3-5-12(4-2)19-16(22)11(9-17)6-10-7-13(18)15(21)14(20)8-10/h6-8,12,20-21H,3-5,18H2,1-2H3,(H,19,22)/b11-6+. The van der Waals surface area contributed by atoms with Crippen molar-refractivity contribution in [2.75, 3.05) is 5.73 Å². The number of carbonyl (C=O) groups excluding carboxylic acids is 1. The van der Waals surface area contributed by atoms with Crippen molar-refractivity contribution in [2.45, 2.75) is 39.2 Å². The molecule has 0 aliphatic carbocycles. The lowest BCUT2D eigenvalue weighted by Gasteiger charge is -2.15. The number of amides is 1. The Labute approximate surface area is 129 Å². The summed E-state index contributed by atoms with van der Waals surface area (Å²) in [6.45, 7) is 3.99. The summed E-state index contributed by atoms with van der Waals surface area (Å²) in [5.41, 5.74) is 5.79. The topological polar surface area (TPSA) is 119 Å². The van der Waals surface area contributed by atoms with Crippen LogP contribution in [0.2, 0.25) is 0 Å². The summed E-state index contributed by atoms with van der Waals surface area (Å²) >= 11 is 0. The van der Waals surface area contributed by atoms with Crippen LogP contribution in [-0.4, -0.2) is 22.2 Å². The van der Waals surface area contributed by atoms with Crippen LogP contribution in [0.5, 0.6) is 11.5 Å². The van der Waals surface area contributed by atoms with Gasteiger partial charge in [0.05, 0.1) is 5.69 Å². The minimum Gasteiger partial charge on any atom is -0.504 e. The van der Waals surface area contributed by atoms with E-state index in [1.165, 1.54) is 18.2 Å². The van der Waals surface area contributed by atoms with Crippen molar-refractivity contribution < 1.29 is 15.0 Å². The average Bonchev–Trinajstić information content (AvgIpc) is 2.49. The molecule has 0 spiro atoms. The predicted octanol–water partition coefficient (Wildman–Crippen LogP) is 2.28. The average molecular weight is 303 g/mol. The number of benzene rings is 1. The van der Waals surface area contributed by atoms with Gasteiger partial charge < -0.3 is 21.3 Å². The highest BCUT2D eigenvalue weighted by molar-refractivity contribution is 6.02. The number of phenols is 2. The Morgan fingerprint density at radius 1 is 1.45 bits per heavy atom. The maximum Gasteiger partial charge on any atom is 0.262 e. The SMILES string of the molecule is CCCC(CC)NC(=O)/C(C#N)=C/c1cc(N)c(O)c(O)c1. The molecule has 0 saturated carbocycles. The van der Waals surface area contributed by atoms with E-state index in [0.29, 0.717) is 5.56 Å². The van der Waals surface area contributed by atoms with Gasteiger partial charge in [0, 0.05) is 6.04 Å². The molecule has 0 aliphatic rings. The summed E-state index contributed by atoms with van der Waals surface area (Å²) in [4.78, 5) is 12.1. The van der Waals surface area contributed by atoms with Gasteiger partial charge >= 0.3 is 0 Å². The Balaban J connectivity index is 3.00. The van der Waals surface area contributed by atoms with E-state index in [9.17, 15) is 15.0 Å². The van der Waals surface area contributed by atoms with Gasteiger partial charge in [-0.3, -0.25) is 4.79 Å². The maximum absolute atomic E-state index is 12.1. The number of hydrogen-bond acceptors (Lipinski definition) is 5. The molecular weight excluding hydrogens is 282 g/mol. The van der Waals surface area contributed by atoms with E-state index in [-0.39, 0.29) is 17.3 Å². The molecule has 1 aromatic carbocycles. The fourth-order valence-corrected chi connectivity index (χ4v) is 2.05. The smallest absolute Gasteiger partial charge is 0.262 e. The minimum atomic E-state index is -0.464. The molecule has 0 radical (unpaired) electrons. The van der Waals surface area contributed by atoms with Crippen molar-refractivity contribution in [3.05, 3.63) is 23.3 Å². The number of aromatic hydroxyl groups is 2. The van der Waals surface area contributed by atoms with Crippen molar-refractivity contribution >= 4 is 17.7 Å². The quantitative estimate of drug-likeness (QED) is 0.278. The summed E-state index contributed by atoms with van der Waals surface area (Å²) in [7, 11) is 0. The van der Waals surface area contributed by atoms with Crippen LogP contribution < -0.4 is 11.1 Å². The molecule has 0 saturated heterocycles. The number of nitrogens with two attached hydrogens (primary N) is 1. The predicted molar refractivity (Wildman–Crippen MR) is 84.9 cm³/mol. The second-order valence-corrected chi connectivity index (χ2v) is 5.01. The molecule has 1 amide bonds. The third kappa shape index (κ3) is 4.42. The number of nitrogens with one attached hydrogen (secondary N) is 1. The van der Waals surface area contributed by atoms with Crippen molar-refractivity contribution in [3.8, 4) is 17.6 Å². The molecule has 1 atom stereocenters. The lowest BCUT2D eigenvalue weighted by atomic mass is 10.1. The molecule has 0 aliphatic heterocycles. The van der Waals surface area contributed by atoms with E-state index in [1.807, 2.05) is 19.9 Å². The zero-order valence-corrected chi connectivity index (χ0v) is 12.8. The van der Waals surface area contributed by atoms with E-state index in [1.54, 1.807) is 0 Å². The molecule has 0 heterocycles. The molecule has 6 heteroatoms. The fraction of sp³-hybridized carbons (Fsp3) is 0.375. The van der Waals surface area contributed by atoms with Gasteiger partial charge in [0.25, 0.3) is 5.91 Å². The zero-order chi connectivity index (χ0) is 16.7. The molecule has 1 rings (SSSR count). The largest absolute Gasteiger partial charge is 0.504 e. The normalized spacial score (nSPS) is 12.5. The Morgan fingerprint density at radius 3 is 2.64 bits per heavy atom. The Morgan fingerprint density at radius 2 is 2.14 bits per heavy atom. The first-order valence-corrected chi connectivity index (χ1v) is 7.17. The van der Waals surface area contributed by atoms with Crippen molar-refractivity contribution in [1.29, 1.82) is 5.26 Å². The number of phenolic OH excluding ortho intramolecular Hbond substituents is 2. The van der Waals surface area contributed by atoms with Crippen LogP contribution in [0.1, 0.15) is 38.7 Å². The van der Waals surface area contributed by atoms with E-state index >= 15 is 0 Å². The van der Waals surface area contributed by atoms with Crippen LogP contribution in [0, 0.1) is 11.3 Å². The van der Waals surface area contributed by atoms with E-state index < -0.39 is 17.4 Å². The number of hydrogen-bond donors (Lipinski definition) is 4. The van der Waals surface area contributed by atoms with Crippen molar-refractivity contribution in [1.82, 2.24) is 5.32 Å². The lowest BCUT2D eigenvalue weighted by Crippen LogP contribution is -2.34. The van der Waals surface area contributed by atoms with Gasteiger partial charge in [-0.15, -0.1) is 0 Å². The third-order valence-electron chi connectivity index (χ3n) is 3.28. The number of anilines is 1. The maximum atomic E-state index is 12.1. The second kappa shape index (κ2) is 7.93. The van der Waals surface area contributed by atoms with Gasteiger partial charge in [0.1, 0.15) is 11.6 Å². The number of nitrogen functional groups attached to an aromatic ring is 1. The first-order chi connectivity index (χ1) is 10.4. The number of rotatable bonds is 6. The molecule has 22 heavy (non-hydrogen) atoms. The van der Waals surface area contributed by atoms with Gasteiger partial charge in [0.15, 0.2) is 11.5 Å².